The molecule has 6 heteroatoms. The van der Waals surface area contributed by atoms with E-state index in [1.807, 2.05) is 19.1 Å². The number of hydrogen-bond acceptors (Lipinski definition) is 5. The molecule has 5 atom stereocenters. The zero-order chi connectivity index (χ0) is 20.2. The largest absolute Gasteiger partial charge is 0.481 e. The molecule has 3 N–H and O–H groups in total. The molecular weight excluding hydrogens is 348 g/mol. The van der Waals surface area contributed by atoms with Crippen LogP contribution in [0, 0.1) is 17.8 Å². The van der Waals surface area contributed by atoms with Crippen LogP contribution in [0.15, 0.2) is 24.3 Å². The predicted molar refractivity (Wildman–Crippen MR) is 102 cm³/mol. The molecule has 1 aliphatic rings. The van der Waals surface area contributed by atoms with Crippen LogP contribution in [0.4, 0.5) is 0 Å². The molecule has 1 unspecified atom stereocenters. The summed E-state index contributed by atoms with van der Waals surface area (Å²) in [7, 11) is 0. The van der Waals surface area contributed by atoms with Crippen LogP contribution >= 0.6 is 0 Å². The fourth-order valence-electron chi connectivity index (χ4n) is 3.40. The Balaban J connectivity index is 2.61. The van der Waals surface area contributed by atoms with Gasteiger partial charge in [-0.05, 0) is 25.7 Å². The van der Waals surface area contributed by atoms with Gasteiger partial charge < -0.3 is 20.1 Å². The van der Waals surface area contributed by atoms with E-state index in [0.29, 0.717) is 25.7 Å². The molecule has 0 aromatic heterocycles. The number of aldehydes is 1. The number of aliphatic hydroxyl groups excluding tert-OH is 2. The third-order valence-corrected chi connectivity index (χ3v) is 5.09. The molecule has 1 rings (SSSR count). The number of carboxylic acids is 1. The van der Waals surface area contributed by atoms with Crippen LogP contribution in [0.3, 0.4) is 0 Å². The molecular formula is C21H32O6. The van der Waals surface area contributed by atoms with Crippen molar-refractivity contribution in [2.75, 3.05) is 0 Å². The predicted octanol–water partition coefficient (Wildman–Crippen LogP) is 2.68. The Hall–Kier alpha value is -1.79. The second kappa shape index (κ2) is 12.6. The maximum Gasteiger partial charge on any atom is 0.303 e. The zero-order valence-electron chi connectivity index (χ0n) is 16.0. The number of Topliss-reactive ketones (excluding diaryl/α,β-unsaturated/α-hetero) is 1. The third-order valence-electron chi connectivity index (χ3n) is 5.09. The number of unbranched alkanes of at least 4 members (excludes halogenated alkanes) is 2. The maximum atomic E-state index is 12.2. The lowest BCUT2D eigenvalue weighted by Crippen LogP contribution is -2.22. The molecule has 0 aromatic carbocycles. The van der Waals surface area contributed by atoms with Gasteiger partial charge in [-0.25, -0.2) is 0 Å². The van der Waals surface area contributed by atoms with Crippen LogP contribution in [0.5, 0.6) is 0 Å². The van der Waals surface area contributed by atoms with E-state index in [-0.39, 0.29) is 30.5 Å². The van der Waals surface area contributed by atoms with Crippen LogP contribution in [-0.4, -0.2) is 45.6 Å². The highest BCUT2D eigenvalue weighted by Gasteiger charge is 2.39. The molecule has 0 bridgehead atoms. The molecule has 0 spiro atoms. The Morgan fingerprint density at radius 2 is 2.04 bits per heavy atom. The van der Waals surface area contributed by atoms with Crippen LogP contribution in [0.2, 0.25) is 0 Å². The van der Waals surface area contributed by atoms with Gasteiger partial charge in [0.15, 0.2) is 0 Å². The van der Waals surface area contributed by atoms with E-state index < -0.39 is 24.1 Å². The number of carboxylic acid groups (broad SMARTS) is 1. The van der Waals surface area contributed by atoms with Gasteiger partial charge in [0, 0.05) is 30.6 Å². The molecule has 1 aliphatic carbocycles. The smallest absolute Gasteiger partial charge is 0.303 e. The molecule has 0 amide bonds. The SMILES string of the molecule is CCCCC(C=O)[C@@H](O)/C=C/[C@H]1[C@H](O)CC(=O)[C@@H]1C/C=C\CCCC(=O)O. The Labute approximate surface area is 161 Å². The van der Waals surface area contributed by atoms with Gasteiger partial charge in [0.1, 0.15) is 12.1 Å². The van der Waals surface area contributed by atoms with Crippen molar-refractivity contribution in [3.05, 3.63) is 24.3 Å². The lowest BCUT2D eigenvalue weighted by atomic mass is 9.89. The standard InChI is InChI=1S/C21H32O6/c1-2-3-8-15(14-22)18(23)12-11-17-16(19(24)13-20(17)25)9-6-4-5-7-10-21(26)27/h4,6,11-12,14-18,20,23,25H,2-3,5,7-10,13H2,1H3,(H,26,27)/b6-4-,12-11+/t15?,16-,17-,18+,20-/m1/s1. The number of allylic oxidation sites excluding steroid dienone is 2. The van der Waals surface area contributed by atoms with Gasteiger partial charge in [0.2, 0.25) is 0 Å². The number of aliphatic hydroxyl groups is 2. The van der Waals surface area contributed by atoms with E-state index in [0.717, 1.165) is 19.1 Å². The Morgan fingerprint density at radius 1 is 1.30 bits per heavy atom. The van der Waals surface area contributed by atoms with E-state index in [1.54, 1.807) is 6.08 Å². The van der Waals surface area contributed by atoms with Crippen LogP contribution < -0.4 is 0 Å². The first-order valence-electron chi connectivity index (χ1n) is 9.79. The van der Waals surface area contributed by atoms with Gasteiger partial charge in [0.25, 0.3) is 0 Å². The molecule has 0 aliphatic heterocycles. The first-order chi connectivity index (χ1) is 12.9. The van der Waals surface area contributed by atoms with Gasteiger partial charge in [-0.2, -0.15) is 0 Å². The van der Waals surface area contributed by atoms with Crippen LogP contribution in [-0.2, 0) is 14.4 Å². The summed E-state index contributed by atoms with van der Waals surface area (Å²) in [4.78, 5) is 33.8. The topological polar surface area (TPSA) is 112 Å². The van der Waals surface area contributed by atoms with E-state index in [1.165, 1.54) is 6.08 Å². The van der Waals surface area contributed by atoms with Crippen molar-refractivity contribution < 1.29 is 29.7 Å². The number of ketones is 1. The monoisotopic (exact) mass is 380 g/mol. The normalized spacial score (nSPS) is 25.3. The second-order valence-electron chi connectivity index (χ2n) is 7.23. The minimum Gasteiger partial charge on any atom is -0.481 e. The van der Waals surface area contributed by atoms with E-state index in [9.17, 15) is 24.6 Å². The highest BCUT2D eigenvalue weighted by atomic mass is 16.4. The van der Waals surface area contributed by atoms with Gasteiger partial charge in [-0.3, -0.25) is 9.59 Å². The molecule has 0 saturated heterocycles. The van der Waals surface area contributed by atoms with Crippen molar-refractivity contribution in [1.82, 2.24) is 0 Å². The number of rotatable bonds is 13. The summed E-state index contributed by atoms with van der Waals surface area (Å²) in [6.45, 7) is 2.02. The Bertz CT molecular complexity index is 539. The lowest BCUT2D eigenvalue weighted by Gasteiger charge is -2.18. The first-order valence-corrected chi connectivity index (χ1v) is 9.79. The summed E-state index contributed by atoms with van der Waals surface area (Å²) in [5.74, 6) is -2.05. The Kier molecular flexibility index (Phi) is 10.8. The lowest BCUT2D eigenvalue weighted by molar-refractivity contribution is -0.137. The van der Waals surface area contributed by atoms with Crippen molar-refractivity contribution >= 4 is 18.0 Å². The average Bonchev–Trinajstić information content (AvgIpc) is 2.89. The first kappa shape index (κ1) is 23.2. The average molecular weight is 380 g/mol. The number of carbonyl (C=O) groups is 3. The second-order valence-corrected chi connectivity index (χ2v) is 7.23. The van der Waals surface area contributed by atoms with E-state index >= 15 is 0 Å². The number of aliphatic carboxylic acids is 1. The highest BCUT2D eigenvalue weighted by Crippen LogP contribution is 2.33. The molecule has 6 nitrogen and oxygen atoms in total. The minimum atomic E-state index is -0.913. The molecule has 0 heterocycles. The molecule has 27 heavy (non-hydrogen) atoms. The van der Waals surface area contributed by atoms with Crippen molar-refractivity contribution in [3.8, 4) is 0 Å². The summed E-state index contributed by atoms with van der Waals surface area (Å²) < 4.78 is 0. The molecule has 1 fully saturated rings. The van der Waals surface area contributed by atoms with Crippen LogP contribution in [0.25, 0.3) is 0 Å². The van der Waals surface area contributed by atoms with Crippen molar-refractivity contribution in [2.24, 2.45) is 17.8 Å². The molecule has 152 valence electrons. The summed E-state index contributed by atoms with van der Waals surface area (Å²) >= 11 is 0. The summed E-state index contributed by atoms with van der Waals surface area (Å²) in [5.41, 5.74) is 0. The van der Waals surface area contributed by atoms with Crippen molar-refractivity contribution in [3.63, 3.8) is 0 Å². The quantitative estimate of drug-likeness (QED) is 0.257. The zero-order valence-corrected chi connectivity index (χ0v) is 16.0. The number of carbonyl (C=O) groups excluding carboxylic acids is 2. The summed E-state index contributed by atoms with van der Waals surface area (Å²) in [6, 6.07) is 0. The maximum absolute atomic E-state index is 12.2. The fraction of sp³-hybridized carbons (Fsp3) is 0.667. The fourth-order valence-corrected chi connectivity index (χ4v) is 3.40. The molecule has 0 aromatic rings. The van der Waals surface area contributed by atoms with Crippen LogP contribution in [0.1, 0.15) is 58.3 Å². The highest BCUT2D eigenvalue weighted by molar-refractivity contribution is 5.84. The minimum absolute atomic E-state index is 0.0141. The third kappa shape index (κ3) is 8.18. The molecule has 1 saturated carbocycles. The van der Waals surface area contributed by atoms with Gasteiger partial charge >= 0.3 is 5.97 Å². The van der Waals surface area contributed by atoms with E-state index in [4.69, 9.17) is 5.11 Å². The van der Waals surface area contributed by atoms with Gasteiger partial charge in [-0.15, -0.1) is 0 Å². The van der Waals surface area contributed by atoms with Crippen molar-refractivity contribution in [1.29, 1.82) is 0 Å². The molecule has 0 radical (unpaired) electrons. The summed E-state index contributed by atoms with van der Waals surface area (Å²) in [5, 5.41) is 29.0. The van der Waals surface area contributed by atoms with E-state index in [2.05, 4.69) is 0 Å². The van der Waals surface area contributed by atoms with Gasteiger partial charge in [-0.1, -0.05) is 44.1 Å². The number of hydrogen-bond donors (Lipinski definition) is 3. The van der Waals surface area contributed by atoms with Crippen molar-refractivity contribution in [2.45, 2.75) is 70.5 Å². The Morgan fingerprint density at radius 3 is 2.67 bits per heavy atom. The summed E-state index contributed by atoms with van der Waals surface area (Å²) in [6.07, 6.45) is 10.3. The van der Waals surface area contributed by atoms with Gasteiger partial charge in [0.05, 0.1) is 12.2 Å².